The molecule has 4 rings (SSSR count). The summed E-state index contributed by atoms with van der Waals surface area (Å²) in [4.78, 5) is 5.96. The Hall–Kier alpha value is -3.42. The third-order valence-electron chi connectivity index (χ3n) is 5.06. The molecule has 6 nitrogen and oxygen atoms in total. The minimum absolute atomic E-state index is 0.0207. The van der Waals surface area contributed by atoms with E-state index in [9.17, 15) is 8.78 Å². The lowest BCUT2D eigenvalue weighted by Gasteiger charge is -2.21. The summed E-state index contributed by atoms with van der Waals surface area (Å²) in [6.45, 7) is 1.49. The summed E-state index contributed by atoms with van der Waals surface area (Å²) >= 11 is 0. The van der Waals surface area contributed by atoms with Gasteiger partial charge in [0.2, 0.25) is 0 Å². The van der Waals surface area contributed by atoms with Gasteiger partial charge in [-0.2, -0.15) is 0 Å². The highest BCUT2D eigenvalue weighted by molar-refractivity contribution is 5.80. The Morgan fingerprint density at radius 3 is 2.67 bits per heavy atom. The maximum Gasteiger partial charge on any atom is 0.191 e. The maximum absolute atomic E-state index is 14.0. The molecule has 2 aromatic carbocycles. The van der Waals surface area contributed by atoms with Crippen molar-refractivity contribution in [2.75, 3.05) is 25.0 Å². The van der Waals surface area contributed by atoms with E-state index in [-0.39, 0.29) is 11.7 Å². The van der Waals surface area contributed by atoms with Gasteiger partial charge in [0.25, 0.3) is 0 Å². The van der Waals surface area contributed by atoms with Crippen molar-refractivity contribution in [1.29, 1.82) is 0 Å². The topological polar surface area (TPSA) is 65.7 Å². The number of halogens is 2. The smallest absolute Gasteiger partial charge is 0.191 e. The molecule has 0 radical (unpaired) electrons. The molecule has 0 aliphatic carbocycles. The molecule has 1 aliphatic heterocycles. The molecule has 8 heteroatoms. The van der Waals surface area contributed by atoms with Crippen LogP contribution in [0.3, 0.4) is 0 Å². The van der Waals surface area contributed by atoms with Crippen LogP contribution >= 0.6 is 0 Å². The molecule has 0 amide bonds. The molecule has 1 atom stereocenters. The van der Waals surface area contributed by atoms with Gasteiger partial charge in [-0.1, -0.05) is 41.6 Å². The van der Waals surface area contributed by atoms with E-state index >= 15 is 0 Å². The van der Waals surface area contributed by atoms with E-state index in [1.807, 2.05) is 36.4 Å². The maximum atomic E-state index is 14.0. The first-order valence-corrected chi connectivity index (χ1v) is 9.81. The molecule has 2 heterocycles. The van der Waals surface area contributed by atoms with Crippen LogP contribution in [-0.2, 0) is 6.54 Å². The van der Waals surface area contributed by atoms with Crippen LogP contribution in [0.5, 0.6) is 0 Å². The number of aromatic nitrogens is 1. The first-order valence-electron chi connectivity index (χ1n) is 9.81. The predicted octanol–water partition coefficient (Wildman–Crippen LogP) is 3.56. The number of benzene rings is 2. The first-order chi connectivity index (χ1) is 14.6. The van der Waals surface area contributed by atoms with Crippen LogP contribution in [0.1, 0.15) is 12.1 Å². The van der Waals surface area contributed by atoms with Crippen LogP contribution in [0, 0.1) is 11.6 Å². The molecular formula is C22H23F2N5O. The van der Waals surface area contributed by atoms with Crippen molar-refractivity contribution in [2.24, 2.45) is 4.99 Å². The molecular weight excluding hydrogens is 388 g/mol. The molecule has 0 spiro atoms. The highest BCUT2D eigenvalue weighted by Crippen LogP contribution is 2.26. The number of guanidine groups is 1. The van der Waals surface area contributed by atoms with E-state index in [1.54, 1.807) is 11.9 Å². The minimum atomic E-state index is -0.543. The molecule has 1 aliphatic rings. The number of para-hydroxylation sites is 1. The molecule has 1 saturated heterocycles. The van der Waals surface area contributed by atoms with E-state index in [4.69, 9.17) is 4.52 Å². The highest BCUT2D eigenvalue weighted by atomic mass is 19.1. The second-order valence-electron chi connectivity index (χ2n) is 7.12. The SMILES string of the molecule is CN=C(NCc1cc(-c2ccccc2)on1)NC1CCN(c2c(F)cccc2F)C1. The molecule has 0 bridgehead atoms. The Morgan fingerprint density at radius 1 is 1.17 bits per heavy atom. The lowest BCUT2D eigenvalue weighted by molar-refractivity contribution is 0.422. The van der Waals surface area contributed by atoms with Crippen LogP contribution in [0.25, 0.3) is 11.3 Å². The molecule has 2 N–H and O–H groups in total. The van der Waals surface area contributed by atoms with Gasteiger partial charge in [-0.3, -0.25) is 4.99 Å². The van der Waals surface area contributed by atoms with Gasteiger partial charge in [-0.05, 0) is 18.6 Å². The first kappa shape index (κ1) is 19.9. The van der Waals surface area contributed by atoms with Crippen LogP contribution in [-0.4, -0.2) is 37.3 Å². The van der Waals surface area contributed by atoms with E-state index in [2.05, 4.69) is 20.8 Å². The number of nitrogens with one attached hydrogen (secondary N) is 2. The summed E-state index contributed by atoms with van der Waals surface area (Å²) in [7, 11) is 1.68. The number of anilines is 1. The third kappa shape index (κ3) is 4.42. The van der Waals surface area contributed by atoms with E-state index in [0.29, 0.717) is 31.4 Å². The number of nitrogens with zero attached hydrogens (tertiary/aromatic N) is 3. The fourth-order valence-electron chi connectivity index (χ4n) is 3.57. The average Bonchev–Trinajstić information content (AvgIpc) is 3.41. The second-order valence-corrected chi connectivity index (χ2v) is 7.12. The molecule has 30 heavy (non-hydrogen) atoms. The van der Waals surface area contributed by atoms with E-state index < -0.39 is 11.6 Å². The normalized spacial score (nSPS) is 16.7. The Morgan fingerprint density at radius 2 is 1.93 bits per heavy atom. The van der Waals surface area contributed by atoms with Crippen molar-refractivity contribution in [3.8, 4) is 11.3 Å². The van der Waals surface area contributed by atoms with Gasteiger partial charge in [0.1, 0.15) is 23.0 Å². The summed E-state index contributed by atoms with van der Waals surface area (Å²) in [6, 6.07) is 15.6. The number of aliphatic imine (C=N–C) groups is 1. The van der Waals surface area contributed by atoms with Gasteiger partial charge < -0.3 is 20.1 Å². The van der Waals surface area contributed by atoms with Crippen molar-refractivity contribution in [1.82, 2.24) is 15.8 Å². The van der Waals surface area contributed by atoms with Gasteiger partial charge in [-0.25, -0.2) is 8.78 Å². The Labute approximate surface area is 173 Å². The largest absolute Gasteiger partial charge is 0.365 e. The minimum Gasteiger partial charge on any atom is -0.365 e. The van der Waals surface area contributed by atoms with E-state index in [0.717, 1.165) is 17.7 Å². The predicted molar refractivity (Wildman–Crippen MR) is 112 cm³/mol. The van der Waals surface area contributed by atoms with Crippen molar-refractivity contribution in [3.05, 3.63) is 71.9 Å². The summed E-state index contributed by atoms with van der Waals surface area (Å²) < 4.78 is 33.5. The van der Waals surface area contributed by atoms with Gasteiger partial charge in [0.05, 0.1) is 6.54 Å². The molecule has 1 fully saturated rings. The highest BCUT2D eigenvalue weighted by Gasteiger charge is 2.27. The number of rotatable bonds is 5. The molecule has 1 aromatic heterocycles. The Bertz CT molecular complexity index is 1000. The monoisotopic (exact) mass is 411 g/mol. The summed E-state index contributed by atoms with van der Waals surface area (Å²) in [6.07, 6.45) is 0.747. The molecule has 156 valence electrons. The lowest BCUT2D eigenvalue weighted by Crippen LogP contribution is -2.44. The fourth-order valence-corrected chi connectivity index (χ4v) is 3.57. The Kier molecular flexibility index (Phi) is 5.92. The number of hydrogen-bond acceptors (Lipinski definition) is 4. The van der Waals surface area contributed by atoms with Crippen molar-refractivity contribution in [3.63, 3.8) is 0 Å². The quantitative estimate of drug-likeness (QED) is 0.496. The van der Waals surface area contributed by atoms with E-state index in [1.165, 1.54) is 18.2 Å². The molecule has 0 saturated carbocycles. The Balaban J connectivity index is 1.32. The van der Waals surface area contributed by atoms with Crippen LogP contribution in [0.2, 0.25) is 0 Å². The third-order valence-corrected chi connectivity index (χ3v) is 5.06. The second kappa shape index (κ2) is 8.94. The van der Waals surface area contributed by atoms with Crippen molar-refractivity contribution < 1.29 is 13.3 Å². The van der Waals surface area contributed by atoms with Gasteiger partial charge >= 0.3 is 0 Å². The number of hydrogen-bond donors (Lipinski definition) is 2. The van der Waals surface area contributed by atoms with Crippen LogP contribution in [0.4, 0.5) is 14.5 Å². The van der Waals surface area contributed by atoms with Gasteiger partial charge in [-0.15, -0.1) is 0 Å². The average molecular weight is 411 g/mol. The summed E-state index contributed by atoms with van der Waals surface area (Å²) in [5.41, 5.74) is 1.74. The molecule has 1 unspecified atom stereocenters. The zero-order valence-electron chi connectivity index (χ0n) is 16.6. The standard InChI is InChI=1S/C22H23F2N5O/c1-25-22(26-13-17-12-20(30-28-17)15-6-3-2-4-7-15)27-16-10-11-29(14-16)21-18(23)8-5-9-19(21)24/h2-9,12,16H,10-11,13-14H2,1H3,(H2,25,26,27). The zero-order valence-corrected chi connectivity index (χ0v) is 16.6. The van der Waals surface area contributed by atoms with Gasteiger partial charge in [0.15, 0.2) is 11.7 Å². The summed E-state index contributed by atoms with van der Waals surface area (Å²) in [5, 5.41) is 10.6. The summed E-state index contributed by atoms with van der Waals surface area (Å²) in [5.74, 6) is 0.214. The molecule has 3 aromatic rings. The van der Waals surface area contributed by atoms with Crippen molar-refractivity contribution in [2.45, 2.75) is 19.0 Å². The van der Waals surface area contributed by atoms with Crippen LogP contribution in [0.15, 0.2) is 64.1 Å². The van der Waals surface area contributed by atoms with Crippen molar-refractivity contribution >= 4 is 11.6 Å². The van der Waals surface area contributed by atoms with Crippen LogP contribution < -0.4 is 15.5 Å². The van der Waals surface area contributed by atoms with Gasteiger partial charge in [0, 0.05) is 37.8 Å². The zero-order chi connectivity index (χ0) is 20.9. The lowest BCUT2D eigenvalue weighted by atomic mass is 10.2. The fraction of sp³-hybridized carbons (Fsp3) is 0.273.